The van der Waals surface area contributed by atoms with Gasteiger partial charge in [0.2, 0.25) is 0 Å². The van der Waals surface area contributed by atoms with Crippen molar-refractivity contribution in [3.05, 3.63) is 29.6 Å². The van der Waals surface area contributed by atoms with Crippen LogP contribution in [0.25, 0.3) is 0 Å². The number of hydrogen-bond donors (Lipinski definition) is 1. The van der Waals surface area contributed by atoms with Gasteiger partial charge in [-0.1, -0.05) is 0 Å². The molecule has 1 saturated heterocycles. The van der Waals surface area contributed by atoms with Crippen LogP contribution in [0.3, 0.4) is 0 Å². The lowest BCUT2D eigenvalue weighted by Gasteiger charge is -2.29. The summed E-state index contributed by atoms with van der Waals surface area (Å²) in [5.41, 5.74) is 0.481. The van der Waals surface area contributed by atoms with Crippen LogP contribution in [-0.2, 0) is 4.79 Å². The maximum Gasteiger partial charge on any atom is 0.263 e. The summed E-state index contributed by atoms with van der Waals surface area (Å²) in [5.74, 6) is -0.314. The number of rotatable bonds is 4. The lowest BCUT2D eigenvalue weighted by atomic mass is 10.1. The second-order valence-electron chi connectivity index (χ2n) is 5.50. The molecule has 1 amide bonds. The first-order chi connectivity index (χ1) is 9.99. The van der Waals surface area contributed by atoms with Crippen molar-refractivity contribution in [2.24, 2.45) is 0 Å². The molecule has 2 rings (SSSR count). The van der Waals surface area contributed by atoms with Gasteiger partial charge in [-0.2, -0.15) is 0 Å². The van der Waals surface area contributed by atoms with Crippen molar-refractivity contribution in [2.45, 2.75) is 45.3 Å². The van der Waals surface area contributed by atoms with Crippen molar-refractivity contribution in [1.29, 1.82) is 0 Å². The van der Waals surface area contributed by atoms with Gasteiger partial charge in [-0.15, -0.1) is 0 Å². The maximum absolute atomic E-state index is 13.4. The number of hydrogen-bond acceptors (Lipinski definition) is 3. The smallest absolute Gasteiger partial charge is 0.263 e. The Balaban J connectivity index is 2.09. The maximum atomic E-state index is 13.4. The van der Waals surface area contributed by atoms with E-state index in [2.05, 4.69) is 0 Å². The molecule has 4 nitrogen and oxygen atoms in total. The van der Waals surface area contributed by atoms with E-state index < -0.39 is 18.0 Å². The third kappa shape index (κ3) is 3.94. The average molecular weight is 295 g/mol. The van der Waals surface area contributed by atoms with Gasteiger partial charge in [-0.3, -0.25) is 4.79 Å². The summed E-state index contributed by atoms with van der Waals surface area (Å²) in [6, 6.07) is 3.96. The summed E-state index contributed by atoms with van der Waals surface area (Å²) in [6.45, 7) is 4.74. The number of benzene rings is 1. The SMILES string of the molecule is CC(Oc1cc(F)ccc1C(C)O)C(=O)N1CCCCC1. The number of carbonyl (C=O) groups is 1. The summed E-state index contributed by atoms with van der Waals surface area (Å²) in [5, 5.41) is 9.70. The van der Waals surface area contributed by atoms with Gasteiger partial charge in [0.05, 0.1) is 6.10 Å². The molecule has 1 aromatic rings. The summed E-state index contributed by atoms with van der Waals surface area (Å²) in [7, 11) is 0. The van der Waals surface area contributed by atoms with E-state index in [-0.39, 0.29) is 11.7 Å². The third-order valence-corrected chi connectivity index (χ3v) is 3.74. The van der Waals surface area contributed by atoms with Gasteiger partial charge in [0.15, 0.2) is 6.10 Å². The molecule has 0 spiro atoms. The molecule has 2 atom stereocenters. The molecule has 1 fully saturated rings. The quantitative estimate of drug-likeness (QED) is 0.929. The molecule has 116 valence electrons. The minimum atomic E-state index is -0.780. The number of amides is 1. The molecule has 0 aliphatic carbocycles. The van der Waals surface area contributed by atoms with Crippen LogP contribution in [0.1, 0.15) is 44.8 Å². The molecule has 0 saturated carbocycles. The molecule has 0 radical (unpaired) electrons. The fourth-order valence-electron chi connectivity index (χ4n) is 2.57. The van der Waals surface area contributed by atoms with E-state index in [9.17, 15) is 14.3 Å². The third-order valence-electron chi connectivity index (χ3n) is 3.74. The van der Waals surface area contributed by atoms with Crippen LogP contribution >= 0.6 is 0 Å². The predicted octanol–water partition coefficient (Wildman–Crippen LogP) is 2.66. The zero-order valence-corrected chi connectivity index (χ0v) is 12.5. The first kappa shape index (κ1) is 15.8. The first-order valence-electron chi connectivity index (χ1n) is 7.42. The Kier molecular flexibility index (Phi) is 5.17. The molecular weight excluding hydrogens is 273 g/mol. The van der Waals surface area contributed by atoms with Crippen molar-refractivity contribution in [3.63, 3.8) is 0 Å². The zero-order valence-electron chi connectivity index (χ0n) is 12.5. The number of aliphatic hydroxyl groups excluding tert-OH is 1. The molecular formula is C16H22FNO3. The number of likely N-dealkylation sites (tertiary alicyclic amines) is 1. The number of ether oxygens (including phenoxy) is 1. The predicted molar refractivity (Wildman–Crippen MR) is 77.6 cm³/mol. The highest BCUT2D eigenvalue weighted by atomic mass is 19.1. The van der Waals surface area contributed by atoms with Crippen molar-refractivity contribution >= 4 is 5.91 Å². The second-order valence-corrected chi connectivity index (χ2v) is 5.50. The van der Waals surface area contributed by atoms with Gasteiger partial charge in [0.25, 0.3) is 5.91 Å². The Morgan fingerprint density at radius 3 is 2.57 bits per heavy atom. The van der Waals surface area contributed by atoms with Gasteiger partial charge in [0.1, 0.15) is 11.6 Å². The summed E-state index contributed by atoms with van der Waals surface area (Å²) >= 11 is 0. The van der Waals surface area contributed by atoms with Crippen LogP contribution in [0.4, 0.5) is 4.39 Å². The Morgan fingerprint density at radius 2 is 1.95 bits per heavy atom. The highest BCUT2D eigenvalue weighted by Crippen LogP contribution is 2.27. The minimum Gasteiger partial charge on any atom is -0.480 e. The molecule has 1 aliphatic heterocycles. The molecule has 1 aliphatic rings. The standard InChI is InChI=1S/C16H22FNO3/c1-11(19)14-7-6-13(17)10-15(14)21-12(2)16(20)18-8-4-3-5-9-18/h6-7,10-12,19H,3-5,8-9H2,1-2H3. The van der Waals surface area contributed by atoms with Crippen molar-refractivity contribution < 1.29 is 19.0 Å². The fourth-order valence-corrected chi connectivity index (χ4v) is 2.57. The van der Waals surface area contributed by atoms with Gasteiger partial charge < -0.3 is 14.7 Å². The Bertz CT molecular complexity index is 498. The largest absolute Gasteiger partial charge is 0.480 e. The van der Waals surface area contributed by atoms with Gasteiger partial charge in [-0.25, -0.2) is 4.39 Å². The highest BCUT2D eigenvalue weighted by Gasteiger charge is 2.24. The molecule has 1 heterocycles. The van der Waals surface area contributed by atoms with Crippen LogP contribution in [-0.4, -0.2) is 35.1 Å². The Morgan fingerprint density at radius 1 is 1.29 bits per heavy atom. The van der Waals surface area contributed by atoms with E-state index in [0.29, 0.717) is 5.56 Å². The van der Waals surface area contributed by atoms with Crippen LogP contribution in [0.15, 0.2) is 18.2 Å². The molecule has 0 bridgehead atoms. The number of aliphatic hydroxyl groups is 1. The molecule has 2 unspecified atom stereocenters. The lowest BCUT2D eigenvalue weighted by molar-refractivity contribution is -0.138. The van der Waals surface area contributed by atoms with Crippen molar-refractivity contribution in [2.75, 3.05) is 13.1 Å². The zero-order chi connectivity index (χ0) is 15.4. The van der Waals surface area contributed by atoms with E-state index in [1.807, 2.05) is 0 Å². The first-order valence-corrected chi connectivity index (χ1v) is 7.42. The minimum absolute atomic E-state index is 0.0875. The van der Waals surface area contributed by atoms with Crippen molar-refractivity contribution in [3.8, 4) is 5.75 Å². The van der Waals surface area contributed by atoms with Gasteiger partial charge in [0, 0.05) is 24.7 Å². The summed E-state index contributed by atoms with van der Waals surface area (Å²) < 4.78 is 19.0. The lowest BCUT2D eigenvalue weighted by Crippen LogP contribution is -2.43. The van der Waals surface area contributed by atoms with Gasteiger partial charge in [-0.05, 0) is 45.2 Å². The van der Waals surface area contributed by atoms with E-state index in [1.54, 1.807) is 18.7 Å². The molecule has 0 aromatic heterocycles. The van der Waals surface area contributed by atoms with Crippen LogP contribution in [0, 0.1) is 5.82 Å². The van der Waals surface area contributed by atoms with Crippen LogP contribution in [0.5, 0.6) is 5.75 Å². The van der Waals surface area contributed by atoms with E-state index in [4.69, 9.17) is 4.74 Å². The molecule has 1 N–H and O–H groups in total. The molecule has 21 heavy (non-hydrogen) atoms. The second kappa shape index (κ2) is 6.89. The topological polar surface area (TPSA) is 49.8 Å². The molecule has 1 aromatic carbocycles. The monoisotopic (exact) mass is 295 g/mol. The number of halogens is 1. The van der Waals surface area contributed by atoms with E-state index in [1.165, 1.54) is 18.2 Å². The van der Waals surface area contributed by atoms with E-state index >= 15 is 0 Å². The molecule has 5 heteroatoms. The highest BCUT2D eigenvalue weighted by molar-refractivity contribution is 5.81. The normalized spacial score (nSPS) is 18.2. The van der Waals surface area contributed by atoms with Crippen LogP contribution in [0.2, 0.25) is 0 Å². The Labute approximate surface area is 124 Å². The number of carbonyl (C=O) groups excluding carboxylic acids is 1. The average Bonchev–Trinajstić information content (AvgIpc) is 2.47. The Hall–Kier alpha value is -1.62. The number of nitrogens with zero attached hydrogens (tertiary/aromatic N) is 1. The fraction of sp³-hybridized carbons (Fsp3) is 0.562. The van der Waals surface area contributed by atoms with E-state index in [0.717, 1.165) is 32.4 Å². The van der Waals surface area contributed by atoms with Crippen LogP contribution < -0.4 is 4.74 Å². The number of piperidine rings is 1. The summed E-state index contributed by atoms with van der Waals surface area (Å²) in [6.07, 6.45) is 1.70. The van der Waals surface area contributed by atoms with Crippen molar-refractivity contribution in [1.82, 2.24) is 4.90 Å². The van der Waals surface area contributed by atoms with Gasteiger partial charge >= 0.3 is 0 Å². The summed E-state index contributed by atoms with van der Waals surface area (Å²) in [4.78, 5) is 14.1.